The van der Waals surface area contributed by atoms with E-state index < -0.39 is 9.84 Å². The van der Waals surface area contributed by atoms with Gasteiger partial charge in [0.2, 0.25) is 0 Å². The van der Waals surface area contributed by atoms with Gasteiger partial charge in [-0.05, 0) is 78.2 Å². The molecule has 0 spiro atoms. The van der Waals surface area contributed by atoms with Gasteiger partial charge < -0.3 is 34.5 Å². The van der Waals surface area contributed by atoms with E-state index in [0.717, 1.165) is 47.3 Å². The van der Waals surface area contributed by atoms with Crippen LogP contribution in [-0.2, 0) is 24.0 Å². The van der Waals surface area contributed by atoms with E-state index in [9.17, 15) is 13.5 Å². The van der Waals surface area contributed by atoms with E-state index in [4.69, 9.17) is 29.4 Å². The van der Waals surface area contributed by atoms with E-state index >= 15 is 0 Å². The van der Waals surface area contributed by atoms with Gasteiger partial charge in [-0.2, -0.15) is 0 Å². The molecule has 0 aliphatic rings. The number of hydrogen-bond acceptors (Lipinski definition) is 10. The van der Waals surface area contributed by atoms with Gasteiger partial charge in [-0.3, -0.25) is 4.90 Å². The number of fused-ring (bicyclic) bond motifs is 1. The Balaban J connectivity index is 1.31. The van der Waals surface area contributed by atoms with E-state index in [0.29, 0.717) is 64.3 Å². The Kier molecular flexibility index (Phi) is 13.6. The quantitative estimate of drug-likeness (QED) is 0.124. The first kappa shape index (κ1) is 35.1. The van der Waals surface area contributed by atoms with Gasteiger partial charge in [0.15, 0.2) is 9.84 Å². The van der Waals surface area contributed by atoms with Crippen molar-refractivity contribution < 1.29 is 37.2 Å². The molecule has 0 radical (unpaired) electrons. The van der Waals surface area contributed by atoms with Gasteiger partial charge in [0.05, 0.1) is 44.5 Å². The van der Waals surface area contributed by atoms with Crippen LogP contribution in [0.15, 0.2) is 83.8 Å². The molecule has 4 aromatic carbocycles. The number of nitrogens with zero attached hydrogens (tertiary/aromatic N) is 1. The molecule has 0 aliphatic carbocycles. The highest BCUT2D eigenvalue weighted by Crippen LogP contribution is 2.41. The minimum atomic E-state index is -3.32. The Hall–Kier alpha value is -3.71. The molecule has 0 amide bonds. The van der Waals surface area contributed by atoms with Crippen LogP contribution in [-0.4, -0.2) is 97.1 Å². The Morgan fingerprint density at radius 1 is 0.739 bits per heavy atom. The van der Waals surface area contributed by atoms with Crippen molar-refractivity contribution in [1.82, 2.24) is 4.90 Å². The zero-order valence-corrected chi connectivity index (χ0v) is 27.3. The highest BCUT2D eigenvalue weighted by atomic mass is 32.2. The molecule has 0 fully saturated rings. The van der Waals surface area contributed by atoms with Gasteiger partial charge in [0.25, 0.3) is 0 Å². The van der Waals surface area contributed by atoms with Crippen molar-refractivity contribution in [2.75, 3.05) is 78.7 Å². The second kappa shape index (κ2) is 17.8. The standard InChI is InChI=1S/C35H44N2O8S/c1-3-37(17-20-42-23-25-43-24-22-41-19-16-36)18-21-44-30-8-10-31(11-9-30)45-35-33(14-6-28-26-29(38)7-15-34(28)35)27-4-12-32(13-5-27)46(2,39)40/h4-15,26,38H,3,16-25,36H2,1-2H3. The average Bonchev–Trinajstić information content (AvgIpc) is 3.05. The van der Waals surface area contributed by atoms with Crippen LogP contribution in [0.5, 0.6) is 23.0 Å². The summed E-state index contributed by atoms with van der Waals surface area (Å²) in [6, 6.07) is 23.1. The fourth-order valence-corrected chi connectivity index (χ4v) is 5.40. The summed E-state index contributed by atoms with van der Waals surface area (Å²) < 4.78 is 52.8. The van der Waals surface area contributed by atoms with Crippen LogP contribution in [0.2, 0.25) is 0 Å². The van der Waals surface area contributed by atoms with Gasteiger partial charge >= 0.3 is 0 Å². The van der Waals surface area contributed by atoms with E-state index in [-0.39, 0.29) is 10.6 Å². The highest BCUT2D eigenvalue weighted by molar-refractivity contribution is 7.90. The third-order valence-corrected chi connectivity index (χ3v) is 8.40. The molecule has 0 heterocycles. The topological polar surface area (TPSA) is 130 Å². The number of hydrogen-bond donors (Lipinski definition) is 2. The van der Waals surface area contributed by atoms with Crippen LogP contribution < -0.4 is 15.2 Å². The summed E-state index contributed by atoms with van der Waals surface area (Å²) in [7, 11) is -3.32. The van der Waals surface area contributed by atoms with Crippen molar-refractivity contribution in [2.45, 2.75) is 11.8 Å². The number of phenols is 1. The molecule has 0 aromatic heterocycles. The second-order valence-corrected chi connectivity index (χ2v) is 12.6. The summed E-state index contributed by atoms with van der Waals surface area (Å²) in [6.07, 6.45) is 1.19. The normalized spacial score (nSPS) is 11.7. The lowest BCUT2D eigenvalue weighted by Crippen LogP contribution is -2.31. The van der Waals surface area contributed by atoms with Crippen molar-refractivity contribution >= 4 is 20.6 Å². The monoisotopic (exact) mass is 652 g/mol. The van der Waals surface area contributed by atoms with Gasteiger partial charge in [-0.25, -0.2) is 8.42 Å². The number of aromatic hydroxyl groups is 1. The van der Waals surface area contributed by atoms with E-state index in [1.807, 2.05) is 42.5 Å². The van der Waals surface area contributed by atoms with E-state index in [1.165, 1.54) is 6.26 Å². The minimum Gasteiger partial charge on any atom is -0.508 e. The van der Waals surface area contributed by atoms with Gasteiger partial charge in [-0.15, -0.1) is 0 Å². The summed E-state index contributed by atoms with van der Waals surface area (Å²) in [4.78, 5) is 2.51. The molecule has 11 heteroatoms. The van der Waals surface area contributed by atoms with Gasteiger partial charge in [0.1, 0.15) is 29.6 Å². The van der Waals surface area contributed by atoms with E-state index in [1.54, 1.807) is 36.4 Å². The number of phenolic OH excluding ortho intramolecular Hbond substituents is 1. The largest absolute Gasteiger partial charge is 0.508 e. The third kappa shape index (κ3) is 10.7. The summed E-state index contributed by atoms with van der Waals surface area (Å²) in [5.74, 6) is 2.10. The lowest BCUT2D eigenvalue weighted by Gasteiger charge is -2.20. The van der Waals surface area contributed by atoms with Crippen molar-refractivity contribution in [2.24, 2.45) is 5.73 Å². The predicted octanol–water partition coefficient (Wildman–Crippen LogP) is 5.12. The summed E-state index contributed by atoms with van der Waals surface area (Å²) in [5.41, 5.74) is 6.98. The lowest BCUT2D eigenvalue weighted by atomic mass is 9.99. The van der Waals surface area contributed by atoms with E-state index in [2.05, 4.69) is 11.8 Å². The zero-order chi connectivity index (χ0) is 32.8. The first-order valence-corrected chi connectivity index (χ1v) is 17.3. The van der Waals surface area contributed by atoms with Crippen LogP contribution in [0.3, 0.4) is 0 Å². The molecule has 0 saturated heterocycles. The minimum absolute atomic E-state index is 0.158. The Labute approximate surface area is 271 Å². The molecular weight excluding hydrogens is 608 g/mol. The fraction of sp³-hybridized carbons (Fsp3) is 0.371. The average molecular weight is 653 g/mol. The molecule has 0 bridgehead atoms. The lowest BCUT2D eigenvalue weighted by molar-refractivity contribution is 0.0116. The fourth-order valence-electron chi connectivity index (χ4n) is 4.77. The number of likely N-dealkylation sites (N-methyl/N-ethyl adjacent to an activating group) is 1. The van der Waals surface area contributed by atoms with Gasteiger partial charge in [0, 0.05) is 36.8 Å². The summed E-state index contributed by atoms with van der Waals surface area (Å²) >= 11 is 0. The number of rotatable bonds is 20. The maximum Gasteiger partial charge on any atom is 0.175 e. The predicted molar refractivity (Wildman–Crippen MR) is 180 cm³/mol. The summed E-state index contributed by atoms with van der Waals surface area (Å²) in [6.45, 7) is 8.91. The number of sulfone groups is 1. The molecule has 0 aliphatic heterocycles. The first-order chi connectivity index (χ1) is 22.3. The summed E-state index contributed by atoms with van der Waals surface area (Å²) in [5, 5.41) is 11.7. The van der Waals surface area contributed by atoms with Crippen LogP contribution in [0.4, 0.5) is 0 Å². The Bertz CT molecular complexity index is 1610. The number of nitrogens with two attached hydrogens (primary N) is 1. The molecule has 10 nitrogen and oxygen atoms in total. The molecule has 0 atom stereocenters. The van der Waals surface area contributed by atoms with Crippen LogP contribution in [0, 0.1) is 0 Å². The van der Waals surface area contributed by atoms with Crippen LogP contribution in [0.1, 0.15) is 6.92 Å². The second-order valence-electron chi connectivity index (χ2n) is 10.6. The first-order valence-electron chi connectivity index (χ1n) is 15.4. The third-order valence-electron chi connectivity index (χ3n) is 7.27. The van der Waals surface area contributed by atoms with Crippen LogP contribution in [0.25, 0.3) is 21.9 Å². The maximum absolute atomic E-state index is 12.0. The van der Waals surface area contributed by atoms with Crippen molar-refractivity contribution in [3.05, 3.63) is 78.9 Å². The van der Waals surface area contributed by atoms with Gasteiger partial charge in [-0.1, -0.05) is 25.1 Å². The molecule has 0 saturated carbocycles. The molecule has 4 aromatic rings. The maximum atomic E-state index is 12.0. The molecule has 0 unspecified atom stereocenters. The van der Waals surface area contributed by atoms with Crippen LogP contribution >= 0.6 is 0 Å². The smallest absolute Gasteiger partial charge is 0.175 e. The Morgan fingerprint density at radius 3 is 2.02 bits per heavy atom. The molecule has 46 heavy (non-hydrogen) atoms. The van der Waals surface area contributed by atoms with Crippen molar-refractivity contribution in [1.29, 1.82) is 0 Å². The van der Waals surface area contributed by atoms with Crippen molar-refractivity contribution in [3.63, 3.8) is 0 Å². The highest BCUT2D eigenvalue weighted by Gasteiger charge is 2.15. The molecule has 248 valence electrons. The zero-order valence-electron chi connectivity index (χ0n) is 26.5. The van der Waals surface area contributed by atoms with Crippen molar-refractivity contribution in [3.8, 4) is 34.1 Å². The molecule has 3 N–H and O–H groups in total. The molecular formula is C35H44N2O8S. The Morgan fingerprint density at radius 2 is 1.37 bits per heavy atom. The number of ether oxygens (including phenoxy) is 5. The number of benzene rings is 4. The SMILES string of the molecule is CCN(CCOCCOCCOCCN)CCOc1ccc(Oc2c(-c3ccc(S(C)(=O)=O)cc3)ccc3cc(O)ccc23)cc1. The molecule has 4 rings (SSSR count).